The van der Waals surface area contributed by atoms with Crippen molar-refractivity contribution >= 4 is 0 Å². The van der Waals surface area contributed by atoms with Crippen LogP contribution in [0.5, 0.6) is 0 Å². The minimum atomic E-state index is 0.770. The molecule has 0 aromatic carbocycles. The molecule has 0 spiro atoms. The van der Waals surface area contributed by atoms with Gasteiger partial charge in [0.15, 0.2) is 0 Å². The van der Waals surface area contributed by atoms with Gasteiger partial charge in [-0.3, -0.25) is 9.80 Å². The smallest absolute Gasteiger partial charge is 0.0113 e. The quantitative estimate of drug-likeness (QED) is 0.670. The largest absolute Gasteiger partial charge is 0.329 e. The molecule has 1 rings (SSSR count). The van der Waals surface area contributed by atoms with Crippen molar-refractivity contribution in [2.45, 2.75) is 45.6 Å². The zero-order valence-electron chi connectivity index (χ0n) is 11.1. The van der Waals surface area contributed by atoms with Crippen molar-refractivity contribution in [2.75, 3.05) is 39.3 Å². The molecule has 1 atom stereocenters. The van der Waals surface area contributed by atoms with E-state index in [2.05, 4.69) is 23.6 Å². The highest BCUT2D eigenvalue weighted by molar-refractivity contribution is 4.76. The van der Waals surface area contributed by atoms with Crippen LogP contribution in [0.1, 0.15) is 39.5 Å². The molecule has 1 aliphatic heterocycles. The van der Waals surface area contributed by atoms with Crippen LogP contribution in [0.25, 0.3) is 0 Å². The molecule has 0 radical (unpaired) electrons. The molecular formula is C13H29N3. The van der Waals surface area contributed by atoms with Gasteiger partial charge in [0.1, 0.15) is 0 Å². The molecule has 0 saturated carbocycles. The lowest BCUT2D eigenvalue weighted by Gasteiger charge is -2.38. The third kappa shape index (κ3) is 4.81. The molecule has 3 nitrogen and oxygen atoms in total. The molecule has 1 heterocycles. The first kappa shape index (κ1) is 13.9. The second-order valence-electron chi connectivity index (χ2n) is 5.01. The fourth-order valence-electron chi connectivity index (χ4n) is 2.48. The molecule has 96 valence electrons. The van der Waals surface area contributed by atoms with E-state index in [0.29, 0.717) is 0 Å². The number of hydrogen-bond donors (Lipinski definition) is 1. The minimum absolute atomic E-state index is 0.770. The Hall–Kier alpha value is -0.120. The average Bonchev–Trinajstić information content (AvgIpc) is 2.30. The monoisotopic (exact) mass is 227 g/mol. The third-order valence-electron chi connectivity index (χ3n) is 3.70. The van der Waals surface area contributed by atoms with Gasteiger partial charge in [-0.2, -0.15) is 0 Å². The van der Waals surface area contributed by atoms with Gasteiger partial charge in [-0.25, -0.2) is 0 Å². The second-order valence-corrected chi connectivity index (χ2v) is 5.01. The number of piperazine rings is 1. The fourth-order valence-corrected chi connectivity index (χ4v) is 2.48. The summed E-state index contributed by atoms with van der Waals surface area (Å²) in [5, 5.41) is 0. The van der Waals surface area contributed by atoms with Gasteiger partial charge in [-0.05, 0) is 13.3 Å². The van der Waals surface area contributed by atoms with Gasteiger partial charge < -0.3 is 5.73 Å². The van der Waals surface area contributed by atoms with Crippen LogP contribution >= 0.6 is 0 Å². The Morgan fingerprint density at radius 3 is 2.38 bits per heavy atom. The van der Waals surface area contributed by atoms with E-state index in [1.165, 1.54) is 51.9 Å². The lowest BCUT2D eigenvalue weighted by Crippen LogP contribution is -2.50. The molecular weight excluding hydrogens is 198 g/mol. The van der Waals surface area contributed by atoms with Gasteiger partial charge in [-0.1, -0.05) is 26.2 Å². The van der Waals surface area contributed by atoms with Crippen LogP contribution < -0.4 is 5.73 Å². The molecule has 1 unspecified atom stereocenters. The summed E-state index contributed by atoms with van der Waals surface area (Å²) in [5.41, 5.74) is 5.58. The van der Waals surface area contributed by atoms with Crippen LogP contribution in [0.15, 0.2) is 0 Å². The molecule has 0 aliphatic carbocycles. The van der Waals surface area contributed by atoms with Crippen molar-refractivity contribution in [2.24, 2.45) is 5.73 Å². The summed E-state index contributed by atoms with van der Waals surface area (Å²) in [6.45, 7) is 11.4. The van der Waals surface area contributed by atoms with E-state index < -0.39 is 0 Å². The van der Waals surface area contributed by atoms with E-state index in [0.717, 1.165) is 19.1 Å². The number of hydrogen-bond acceptors (Lipinski definition) is 3. The van der Waals surface area contributed by atoms with E-state index in [1.54, 1.807) is 0 Å². The van der Waals surface area contributed by atoms with Gasteiger partial charge in [-0.15, -0.1) is 0 Å². The van der Waals surface area contributed by atoms with Gasteiger partial charge >= 0.3 is 0 Å². The van der Waals surface area contributed by atoms with Crippen LogP contribution in [0, 0.1) is 0 Å². The number of nitrogens with zero attached hydrogens (tertiary/aromatic N) is 2. The SMILES string of the molecule is CCCCCC(C)N1CCN(CCN)CC1. The Morgan fingerprint density at radius 1 is 1.12 bits per heavy atom. The summed E-state index contributed by atoms with van der Waals surface area (Å²) in [6.07, 6.45) is 5.47. The highest BCUT2D eigenvalue weighted by Gasteiger charge is 2.19. The van der Waals surface area contributed by atoms with Gasteiger partial charge in [0, 0.05) is 45.3 Å². The van der Waals surface area contributed by atoms with Gasteiger partial charge in [0.05, 0.1) is 0 Å². The maximum atomic E-state index is 5.58. The minimum Gasteiger partial charge on any atom is -0.329 e. The summed E-state index contributed by atoms with van der Waals surface area (Å²) < 4.78 is 0. The first-order valence-electron chi connectivity index (χ1n) is 6.94. The molecule has 1 fully saturated rings. The van der Waals surface area contributed by atoms with Crippen LogP contribution in [-0.2, 0) is 0 Å². The van der Waals surface area contributed by atoms with Crippen molar-refractivity contribution in [3.63, 3.8) is 0 Å². The summed E-state index contributed by atoms with van der Waals surface area (Å²) in [4.78, 5) is 5.12. The standard InChI is InChI=1S/C13H29N3/c1-3-4-5-6-13(2)16-11-9-15(8-7-14)10-12-16/h13H,3-12,14H2,1-2H3. The number of unbranched alkanes of at least 4 members (excludes halogenated alkanes) is 2. The summed E-state index contributed by atoms with van der Waals surface area (Å²) in [7, 11) is 0. The Morgan fingerprint density at radius 2 is 1.81 bits per heavy atom. The van der Waals surface area contributed by atoms with Gasteiger partial charge in [0.2, 0.25) is 0 Å². The molecule has 2 N–H and O–H groups in total. The summed E-state index contributed by atoms with van der Waals surface area (Å²) in [6, 6.07) is 0.770. The van der Waals surface area contributed by atoms with Gasteiger partial charge in [0.25, 0.3) is 0 Å². The second kappa shape index (κ2) is 8.04. The molecule has 3 heteroatoms. The third-order valence-corrected chi connectivity index (χ3v) is 3.70. The van der Waals surface area contributed by atoms with E-state index in [-0.39, 0.29) is 0 Å². The highest BCUT2D eigenvalue weighted by Crippen LogP contribution is 2.12. The predicted molar refractivity (Wildman–Crippen MR) is 70.7 cm³/mol. The highest BCUT2D eigenvalue weighted by atomic mass is 15.3. The fraction of sp³-hybridized carbons (Fsp3) is 1.00. The zero-order chi connectivity index (χ0) is 11.8. The maximum absolute atomic E-state index is 5.58. The molecule has 0 aromatic rings. The first-order chi connectivity index (χ1) is 7.77. The first-order valence-corrected chi connectivity index (χ1v) is 6.94. The molecule has 16 heavy (non-hydrogen) atoms. The van der Waals surface area contributed by atoms with Crippen molar-refractivity contribution in [3.05, 3.63) is 0 Å². The van der Waals surface area contributed by atoms with Crippen molar-refractivity contribution in [3.8, 4) is 0 Å². The van der Waals surface area contributed by atoms with Crippen molar-refractivity contribution in [1.29, 1.82) is 0 Å². The maximum Gasteiger partial charge on any atom is 0.0113 e. The molecule has 0 aromatic heterocycles. The van der Waals surface area contributed by atoms with Crippen LogP contribution in [0.2, 0.25) is 0 Å². The Labute approximate surface area is 101 Å². The molecule has 1 aliphatic rings. The van der Waals surface area contributed by atoms with Crippen LogP contribution in [0.4, 0.5) is 0 Å². The van der Waals surface area contributed by atoms with Crippen LogP contribution in [-0.4, -0.2) is 55.1 Å². The molecule has 0 bridgehead atoms. The van der Waals surface area contributed by atoms with E-state index >= 15 is 0 Å². The summed E-state index contributed by atoms with van der Waals surface area (Å²) in [5.74, 6) is 0. The molecule has 1 saturated heterocycles. The topological polar surface area (TPSA) is 32.5 Å². The van der Waals surface area contributed by atoms with Crippen molar-refractivity contribution in [1.82, 2.24) is 9.80 Å². The van der Waals surface area contributed by atoms with E-state index in [1.807, 2.05) is 0 Å². The predicted octanol–water partition coefficient (Wildman–Crippen LogP) is 1.53. The Balaban J connectivity index is 2.14. The molecule has 0 amide bonds. The lowest BCUT2D eigenvalue weighted by atomic mass is 10.1. The van der Waals surface area contributed by atoms with E-state index in [9.17, 15) is 0 Å². The average molecular weight is 227 g/mol. The number of rotatable bonds is 7. The summed E-state index contributed by atoms with van der Waals surface area (Å²) >= 11 is 0. The lowest BCUT2D eigenvalue weighted by molar-refractivity contribution is 0.0996. The Kier molecular flexibility index (Phi) is 7.01. The number of nitrogens with two attached hydrogens (primary N) is 1. The van der Waals surface area contributed by atoms with Crippen molar-refractivity contribution < 1.29 is 0 Å². The zero-order valence-corrected chi connectivity index (χ0v) is 11.1. The van der Waals surface area contributed by atoms with E-state index in [4.69, 9.17) is 5.73 Å². The Bertz CT molecular complexity index is 165. The van der Waals surface area contributed by atoms with Crippen LogP contribution in [0.3, 0.4) is 0 Å². The normalized spacial score (nSPS) is 21.2.